The van der Waals surface area contributed by atoms with Gasteiger partial charge in [0.25, 0.3) is 0 Å². The molecule has 4 rings (SSSR count). The SMILES string of the molecule is CCc1ccccc1OC1=COC2CC(OC(=O)c3ccco3)CCC2C1=O. The number of hydrogen-bond acceptors (Lipinski definition) is 6. The van der Waals surface area contributed by atoms with Crippen LogP contribution in [0.2, 0.25) is 0 Å². The third-order valence-corrected chi connectivity index (χ3v) is 5.24. The number of ketones is 1. The fourth-order valence-electron chi connectivity index (χ4n) is 3.73. The highest BCUT2D eigenvalue weighted by molar-refractivity contribution is 5.96. The molecule has 6 heteroatoms. The number of allylic oxidation sites excluding steroid dienone is 1. The number of benzene rings is 1. The van der Waals surface area contributed by atoms with Gasteiger partial charge >= 0.3 is 5.97 Å². The van der Waals surface area contributed by atoms with Crippen LogP contribution in [-0.4, -0.2) is 24.0 Å². The van der Waals surface area contributed by atoms with Crippen LogP contribution in [0.5, 0.6) is 5.75 Å². The van der Waals surface area contributed by atoms with Gasteiger partial charge in [0.1, 0.15) is 24.2 Å². The van der Waals surface area contributed by atoms with Gasteiger partial charge in [-0.25, -0.2) is 4.79 Å². The molecule has 3 unspecified atom stereocenters. The first-order chi connectivity index (χ1) is 13.7. The summed E-state index contributed by atoms with van der Waals surface area (Å²) >= 11 is 0. The molecule has 1 fully saturated rings. The van der Waals surface area contributed by atoms with E-state index in [2.05, 4.69) is 0 Å². The molecule has 0 spiro atoms. The van der Waals surface area contributed by atoms with Crippen LogP contribution in [0, 0.1) is 5.92 Å². The van der Waals surface area contributed by atoms with Crippen LogP contribution < -0.4 is 4.74 Å². The van der Waals surface area contributed by atoms with Crippen molar-refractivity contribution in [1.82, 2.24) is 0 Å². The molecule has 2 aromatic rings. The lowest BCUT2D eigenvalue weighted by Gasteiger charge is -2.36. The zero-order chi connectivity index (χ0) is 19.5. The standard InChI is InChI=1S/C22H22O6/c1-2-14-6-3-4-7-17(14)28-20-13-26-19-12-15(9-10-16(19)21(20)23)27-22(24)18-8-5-11-25-18/h3-8,11,13,15-16,19H,2,9-10,12H2,1H3. The second-order valence-electron chi connectivity index (χ2n) is 7.01. The minimum absolute atomic E-state index is 0.0574. The van der Waals surface area contributed by atoms with Crippen molar-refractivity contribution < 1.29 is 28.2 Å². The number of ether oxygens (including phenoxy) is 3. The molecule has 0 N–H and O–H groups in total. The van der Waals surface area contributed by atoms with E-state index in [-0.39, 0.29) is 35.4 Å². The van der Waals surface area contributed by atoms with E-state index in [0.29, 0.717) is 25.0 Å². The van der Waals surface area contributed by atoms with Gasteiger partial charge in [0.2, 0.25) is 17.3 Å². The normalized spacial score (nSPS) is 24.0. The monoisotopic (exact) mass is 382 g/mol. The summed E-state index contributed by atoms with van der Waals surface area (Å²) in [6.07, 6.45) is 4.67. The van der Waals surface area contributed by atoms with Crippen molar-refractivity contribution in [1.29, 1.82) is 0 Å². The summed E-state index contributed by atoms with van der Waals surface area (Å²) in [5.74, 6) is 0.241. The van der Waals surface area contributed by atoms with Gasteiger partial charge in [-0.15, -0.1) is 0 Å². The number of aryl methyl sites for hydroxylation is 1. The van der Waals surface area contributed by atoms with Gasteiger partial charge in [-0.1, -0.05) is 25.1 Å². The van der Waals surface area contributed by atoms with E-state index in [4.69, 9.17) is 18.6 Å². The molecule has 6 nitrogen and oxygen atoms in total. The van der Waals surface area contributed by atoms with E-state index < -0.39 is 5.97 Å². The Morgan fingerprint density at radius 3 is 2.82 bits per heavy atom. The van der Waals surface area contributed by atoms with E-state index in [1.54, 1.807) is 12.1 Å². The lowest BCUT2D eigenvalue weighted by Crippen LogP contribution is -2.43. The second-order valence-corrected chi connectivity index (χ2v) is 7.01. The van der Waals surface area contributed by atoms with E-state index >= 15 is 0 Å². The molecule has 0 radical (unpaired) electrons. The minimum atomic E-state index is -0.494. The van der Waals surface area contributed by atoms with Gasteiger partial charge in [-0.05, 0) is 43.0 Å². The molecular weight excluding hydrogens is 360 g/mol. The number of Topliss-reactive ketones (excluding diaryl/α,β-unsaturated/α-hetero) is 1. The maximum atomic E-state index is 12.9. The quantitative estimate of drug-likeness (QED) is 0.726. The number of carbonyl (C=O) groups is 2. The van der Waals surface area contributed by atoms with Crippen LogP contribution in [0.4, 0.5) is 0 Å². The number of carbonyl (C=O) groups excluding carboxylic acids is 2. The smallest absolute Gasteiger partial charge is 0.374 e. The molecule has 3 atom stereocenters. The van der Waals surface area contributed by atoms with Crippen molar-refractivity contribution in [3.63, 3.8) is 0 Å². The third kappa shape index (κ3) is 3.67. The van der Waals surface area contributed by atoms with Crippen LogP contribution in [0.1, 0.15) is 42.3 Å². The molecule has 1 aromatic heterocycles. The van der Waals surface area contributed by atoms with Gasteiger partial charge in [0.15, 0.2) is 0 Å². The maximum Gasteiger partial charge on any atom is 0.374 e. The Kier molecular flexibility index (Phi) is 5.19. The fraction of sp³-hybridized carbons (Fsp3) is 0.364. The molecule has 0 amide bonds. The Hall–Kier alpha value is -3.02. The highest BCUT2D eigenvalue weighted by Crippen LogP contribution is 2.35. The zero-order valence-electron chi connectivity index (χ0n) is 15.6. The number of hydrogen-bond donors (Lipinski definition) is 0. The molecule has 1 aromatic carbocycles. The molecule has 2 heterocycles. The predicted octanol–water partition coefficient (Wildman–Crippen LogP) is 4.06. The van der Waals surface area contributed by atoms with Crippen LogP contribution >= 0.6 is 0 Å². The summed E-state index contributed by atoms with van der Waals surface area (Å²) in [6.45, 7) is 2.04. The van der Waals surface area contributed by atoms with Crippen molar-refractivity contribution >= 4 is 11.8 Å². The predicted molar refractivity (Wildman–Crippen MR) is 99.7 cm³/mol. The Bertz CT molecular complexity index is 882. The summed E-state index contributed by atoms with van der Waals surface area (Å²) in [4.78, 5) is 24.9. The molecule has 146 valence electrons. The lowest BCUT2D eigenvalue weighted by molar-refractivity contribution is -0.132. The van der Waals surface area contributed by atoms with Gasteiger partial charge in [-0.2, -0.15) is 0 Å². The Morgan fingerprint density at radius 2 is 2.04 bits per heavy atom. The van der Waals surface area contributed by atoms with Crippen molar-refractivity contribution in [3.8, 4) is 5.75 Å². The fourth-order valence-corrected chi connectivity index (χ4v) is 3.73. The van der Waals surface area contributed by atoms with Gasteiger partial charge < -0.3 is 18.6 Å². The molecule has 0 saturated heterocycles. The highest BCUT2D eigenvalue weighted by atomic mass is 16.6. The van der Waals surface area contributed by atoms with Crippen LogP contribution in [0.15, 0.2) is 59.1 Å². The topological polar surface area (TPSA) is 75.0 Å². The van der Waals surface area contributed by atoms with Crippen LogP contribution in [-0.2, 0) is 20.7 Å². The zero-order valence-corrected chi connectivity index (χ0v) is 15.6. The Balaban J connectivity index is 1.41. The summed E-state index contributed by atoms with van der Waals surface area (Å²) in [6, 6.07) is 10.9. The first-order valence-corrected chi connectivity index (χ1v) is 9.55. The average Bonchev–Trinajstić information content (AvgIpc) is 3.25. The van der Waals surface area contributed by atoms with E-state index in [1.807, 2.05) is 31.2 Å². The van der Waals surface area contributed by atoms with Gasteiger partial charge in [0, 0.05) is 6.42 Å². The summed E-state index contributed by atoms with van der Waals surface area (Å²) in [5, 5.41) is 0. The third-order valence-electron chi connectivity index (χ3n) is 5.24. The number of rotatable bonds is 5. The number of para-hydroxylation sites is 1. The molecule has 1 aliphatic heterocycles. The second kappa shape index (κ2) is 7.92. The molecular formula is C22H22O6. The first kappa shape index (κ1) is 18.3. The van der Waals surface area contributed by atoms with Gasteiger partial charge in [-0.3, -0.25) is 4.79 Å². The van der Waals surface area contributed by atoms with Crippen molar-refractivity contribution in [2.24, 2.45) is 5.92 Å². The van der Waals surface area contributed by atoms with E-state index in [0.717, 1.165) is 12.0 Å². The number of fused-ring (bicyclic) bond motifs is 1. The van der Waals surface area contributed by atoms with E-state index in [9.17, 15) is 9.59 Å². The van der Waals surface area contributed by atoms with E-state index in [1.165, 1.54) is 12.5 Å². The molecule has 2 aliphatic rings. The average molecular weight is 382 g/mol. The van der Waals surface area contributed by atoms with Crippen molar-refractivity contribution in [2.45, 2.75) is 44.8 Å². The first-order valence-electron chi connectivity index (χ1n) is 9.55. The van der Waals surface area contributed by atoms with Crippen molar-refractivity contribution in [2.75, 3.05) is 0 Å². The summed E-state index contributed by atoms with van der Waals surface area (Å²) in [7, 11) is 0. The summed E-state index contributed by atoms with van der Waals surface area (Å²) < 4.78 is 22.2. The van der Waals surface area contributed by atoms with Crippen molar-refractivity contribution in [3.05, 3.63) is 66.0 Å². The minimum Gasteiger partial charge on any atom is -0.493 e. The molecule has 1 aliphatic carbocycles. The number of furan rings is 1. The van der Waals surface area contributed by atoms with Gasteiger partial charge in [0.05, 0.1) is 12.2 Å². The Morgan fingerprint density at radius 1 is 1.18 bits per heavy atom. The lowest BCUT2D eigenvalue weighted by atomic mass is 9.80. The number of esters is 1. The molecule has 1 saturated carbocycles. The highest BCUT2D eigenvalue weighted by Gasteiger charge is 2.42. The van der Waals surface area contributed by atoms with Crippen LogP contribution in [0.3, 0.4) is 0 Å². The molecule has 28 heavy (non-hydrogen) atoms. The largest absolute Gasteiger partial charge is 0.493 e. The maximum absolute atomic E-state index is 12.9. The summed E-state index contributed by atoms with van der Waals surface area (Å²) in [5.41, 5.74) is 1.03. The molecule has 0 bridgehead atoms. The Labute approximate surface area is 163 Å². The van der Waals surface area contributed by atoms with Crippen LogP contribution in [0.25, 0.3) is 0 Å².